The van der Waals surface area contributed by atoms with Crippen molar-refractivity contribution in [2.24, 2.45) is 10.2 Å². The number of nitrogens with zero attached hydrogens (tertiary/aromatic N) is 6. The molecule has 0 atom stereocenters. The first-order valence-corrected chi connectivity index (χ1v) is 9.05. The third kappa shape index (κ3) is 3.65. The molecule has 0 spiro atoms. The molecular formula is C19H13BrN6O2. The molecule has 0 radical (unpaired) electrons. The number of azo groups is 1. The molecule has 28 heavy (non-hydrogen) atoms. The van der Waals surface area contributed by atoms with E-state index in [-0.39, 0.29) is 5.56 Å². The fraction of sp³-hybridized carbons (Fsp3) is 0.0526. The summed E-state index contributed by atoms with van der Waals surface area (Å²) in [5.74, 6) is -0.535. The second kappa shape index (κ2) is 7.65. The van der Waals surface area contributed by atoms with Crippen LogP contribution in [0.5, 0.6) is 0 Å². The van der Waals surface area contributed by atoms with E-state index in [0.29, 0.717) is 23.4 Å². The van der Waals surface area contributed by atoms with Crippen molar-refractivity contribution in [1.82, 2.24) is 19.7 Å². The summed E-state index contributed by atoms with van der Waals surface area (Å²) in [5, 5.41) is 22.4. The Morgan fingerprint density at radius 3 is 2.71 bits per heavy atom. The van der Waals surface area contributed by atoms with Crippen LogP contribution in [0.25, 0.3) is 16.7 Å². The molecule has 2 heterocycles. The number of carboxylic acids is 1. The van der Waals surface area contributed by atoms with Crippen molar-refractivity contribution in [2.45, 2.75) is 6.54 Å². The van der Waals surface area contributed by atoms with Gasteiger partial charge in [-0.05, 0) is 35.9 Å². The van der Waals surface area contributed by atoms with Crippen LogP contribution in [-0.2, 0) is 6.54 Å². The number of benzene rings is 2. The maximum atomic E-state index is 10.9. The van der Waals surface area contributed by atoms with Crippen molar-refractivity contribution in [1.29, 1.82) is 0 Å². The van der Waals surface area contributed by atoms with Crippen LogP contribution in [0.4, 0.5) is 5.82 Å². The Kier molecular flexibility index (Phi) is 4.90. The standard InChI is InChI=1S/C19H13BrN6O2/c20-14-2-1-3-15(8-14)26-18-16(10-24-26)17(21-11-22-18)25-23-9-12-4-6-13(7-5-12)19(27)28/h1-8,10-11H,9H2,(H,27,28). The SMILES string of the molecule is O=C(O)c1ccc(CN=Nc2ncnc3c2cnn3-c2cccc(Br)c2)cc1. The number of aromatic nitrogens is 4. The minimum absolute atomic E-state index is 0.234. The van der Waals surface area contributed by atoms with Crippen LogP contribution in [0.1, 0.15) is 15.9 Å². The molecule has 2 aromatic heterocycles. The van der Waals surface area contributed by atoms with Gasteiger partial charge in [0.05, 0.1) is 29.4 Å². The molecule has 0 aliphatic carbocycles. The zero-order valence-corrected chi connectivity index (χ0v) is 16.0. The van der Waals surface area contributed by atoms with E-state index in [1.54, 1.807) is 23.0 Å². The maximum absolute atomic E-state index is 10.9. The Bertz CT molecular complexity index is 1190. The van der Waals surface area contributed by atoms with Crippen LogP contribution < -0.4 is 0 Å². The molecule has 0 bridgehead atoms. The minimum Gasteiger partial charge on any atom is -0.478 e. The van der Waals surface area contributed by atoms with Crippen molar-refractivity contribution in [2.75, 3.05) is 0 Å². The molecule has 0 unspecified atom stereocenters. The third-order valence-corrected chi connectivity index (χ3v) is 4.51. The fourth-order valence-corrected chi connectivity index (χ4v) is 3.03. The molecule has 0 saturated heterocycles. The van der Waals surface area contributed by atoms with Gasteiger partial charge >= 0.3 is 5.97 Å². The predicted molar refractivity (Wildman–Crippen MR) is 106 cm³/mol. The van der Waals surface area contributed by atoms with E-state index >= 15 is 0 Å². The zero-order chi connectivity index (χ0) is 19.5. The van der Waals surface area contributed by atoms with Gasteiger partial charge in [-0.1, -0.05) is 34.1 Å². The number of hydrogen-bond acceptors (Lipinski definition) is 6. The Balaban J connectivity index is 1.59. The molecule has 4 rings (SSSR count). The Hall–Kier alpha value is -3.46. The highest BCUT2D eigenvalue weighted by Crippen LogP contribution is 2.25. The number of aromatic carboxylic acids is 1. The van der Waals surface area contributed by atoms with Gasteiger partial charge in [0.1, 0.15) is 6.33 Å². The number of rotatable bonds is 5. The highest BCUT2D eigenvalue weighted by Gasteiger charge is 2.11. The Labute approximate surface area is 167 Å². The molecule has 8 nitrogen and oxygen atoms in total. The highest BCUT2D eigenvalue weighted by atomic mass is 79.9. The van der Waals surface area contributed by atoms with Gasteiger partial charge in [-0.2, -0.15) is 10.2 Å². The smallest absolute Gasteiger partial charge is 0.335 e. The molecule has 0 amide bonds. The number of fused-ring (bicyclic) bond motifs is 1. The number of carboxylic acid groups (broad SMARTS) is 1. The lowest BCUT2D eigenvalue weighted by atomic mass is 10.1. The van der Waals surface area contributed by atoms with Gasteiger partial charge in [0.25, 0.3) is 0 Å². The van der Waals surface area contributed by atoms with Crippen molar-refractivity contribution >= 4 is 38.8 Å². The number of carbonyl (C=O) groups is 1. The molecule has 0 fully saturated rings. The van der Waals surface area contributed by atoms with Gasteiger partial charge in [-0.25, -0.2) is 19.4 Å². The topological polar surface area (TPSA) is 106 Å². The Morgan fingerprint density at radius 2 is 1.96 bits per heavy atom. The molecule has 9 heteroatoms. The van der Waals surface area contributed by atoms with E-state index in [1.165, 1.54) is 18.5 Å². The number of hydrogen-bond donors (Lipinski definition) is 1. The van der Waals surface area contributed by atoms with E-state index in [0.717, 1.165) is 15.7 Å². The second-order valence-corrected chi connectivity index (χ2v) is 6.79. The number of halogens is 1. The summed E-state index contributed by atoms with van der Waals surface area (Å²) < 4.78 is 2.65. The summed E-state index contributed by atoms with van der Waals surface area (Å²) in [6.07, 6.45) is 3.08. The first-order chi connectivity index (χ1) is 13.6. The molecule has 0 aliphatic heterocycles. The van der Waals surface area contributed by atoms with Crippen molar-refractivity contribution in [3.63, 3.8) is 0 Å². The quantitative estimate of drug-likeness (QED) is 0.461. The van der Waals surface area contributed by atoms with Crippen LogP contribution in [0.2, 0.25) is 0 Å². The van der Waals surface area contributed by atoms with Gasteiger partial charge in [0.2, 0.25) is 0 Å². The van der Waals surface area contributed by atoms with Gasteiger partial charge in [-0.3, -0.25) is 0 Å². The molecule has 2 aromatic carbocycles. The van der Waals surface area contributed by atoms with Crippen molar-refractivity contribution in [3.05, 3.63) is 76.7 Å². The molecule has 0 saturated carbocycles. The summed E-state index contributed by atoms with van der Waals surface area (Å²) in [6, 6.07) is 14.2. The first-order valence-electron chi connectivity index (χ1n) is 8.26. The summed E-state index contributed by atoms with van der Waals surface area (Å²) in [6.45, 7) is 0.311. The van der Waals surface area contributed by atoms with E-state index in [2.05, 4.69) is 41.2 Å². The van der Waals surface area contributed by atoms with Crippen LogP contribution in [0.15, 0.2) is 75.8 Å². The van der Waals surface area contributed by atoms with E-state index in [1.807, 2.05) is 24.3 Å². The normalized spacial score (nSPS) is 11.3. The zero-order valence-electron chi connectivity index (χ0n) is 14.4. The van der Waals surface area contributed by atoms with E-state index in [4.69, 9.17) is 5.11 Å². The van der Waals surface area contributed by atoms with E-state index < -0.39 is 5.97 Å². The maximum Gasteiger partial charge on any atom is 0.335 e. The highest BCUT2D eigenvalue weighted by molar-refractivity contribution is 9.10. The largest absolute Gasteiger partial charge is 0.478 e. The summed E-state index contributed by atoms with van der Waals surface area (Å²) in [7, 11) is 0. The van der Waals surface area contributed by atoms with Crippen LogP contribution in [0.3, 0.4) is 0 Å². The van der Waals surface area contributed by atoms with Gasteiger partial charge < -0.3 is 5.11 Å². The van der Waals surface area contributed by atoms with Crippen molar-refractivity contribution < 1.29 is 9.90 Å². The third-order valence-electron chi connectivity index (χ3n) is 4.02. The molecular weight excluding hydrogens is 424 g/mol. The van der Waals surface area contributed by atoms with Gasteiger partial charge in [0.15, 0.2) is 11.5 Å². The monoisotopic (exact) mass is 436 g/mol. The van der Waals surface area contributed by atoms with Gasteiger partial charge in [0, 0.05) is 4.47 Å². The predicted octanol–water partition coefficient (Wildman–Crippen LogP) is 4.56. The first kappa shape index (κ1) is 17.9. The van der Waals surface area contributed by atoms with Crippen LogP contribution >= 0.6 is 15.9 Å². The lowest BCUT2D eigenvalue weighted by molar-refractivity contribution is 0.0697. The molecule has 1 N–H and O–H groups in total. The Morgan fingerprint density at radius 1 is 1.14 bits per heavy atom. The average molecular weight is 437 g/mol. The van der Waals surface area contributed by atoms with Gasteiger partial charge in [-0.15, -0.1) is 5.11 Å². The van der Waals surface area contributed by atoms with Crippen molar-refractivity contribution in [3.8, 4) is 5.69 Å². The molecule has 0 aliphatic rings. The van der Waals surface area contributed by atoms with Crippen LogP contribution in [-0.4, -0.2) is 30.8 Å². The summed E-state index contributed by atoms with van der Waals surface area (Å²) >= 11 is 3.45. The average Bonchev–Trinajstić information content (AvgIpc) is 3.13. The molecule has 4 aromatic rings. The fourth-order valence-electron chi connectivity index (χ4n) is 2.64. The van der Waals surface area contributed by atoms with Crippen LogP contribution in [0, 0.1) is 0 Å². The lowest BCUT2D eigenvalue weighted by Crippen LogP contribution is -1.97. The minimum atomic E-state index is -0.959. The van der Waals surface area contributed by atoms with E-state index in [9.17, 15) is 4.79 Å². The molecule has 138 valence electrons. The second-order valence-electron chi connectivity index (χ2n) is 5.87. The lowest BCUT2D eigenvalue weighted by Gasteiger charge is -2.03. The summed E-state index contributed by atoms with van der Waals surface area (Å²) in [5.41, 5.74) is 2.58. The summed E-state index contributed by atoms with van der Waals surface area (Å²) in [4.78, 5) is 19.4.